The lowest BCUT2D eigenvalue weighted by Gasteiger charge is -2.38. The maximum atomic E-state index is 13.6. The number of imidazole rings is 1. The van der Waals surface area contributed by atoms with Crippen molar-refractivity contribution in [3.05, 3.63) is 66.0 Å². The summed E-state index contributed by atoms with van der Waals surface area (Å²) in [4.78, 5) is 27.7. The molecule has 186 valence electrons. The number of rotatable bonds is 5. The van der Waals surface area contributed by atoms with Crippen LogP contribution < -0.4 is 0 Å². The molecule has 0 saturated carbocycles. The van der Waals surface area contributed by atoms with Crippen LogP contribution in [0.5, 0.6) is 0 Å². The molecule has 0 bridgehead atoms. The topological polar surface area (TPSA) is 72.5 Å². The van der Waals surface area contributed by atoms with Gasteiger partial charge in [-0.15, -0.1) is 11.3 Å². The zero-order valence-corrected chi connectivity index (χ0v) is 20.8. The standard InChI is InChI=1S/C28H29FN4O2S/c29-20-7-8-23-24(15-20)31-27(30-23)26-10-9-25(36-26)18-4-3-5-19(14-18)28(35)33-12-2-1-6-21(33)16-32-13-11-22(34)17-32/h3-5,7-10,14-15,21-22,34H,1-2,6,11-13,16-17H2,(H,30,31). The third kappa shape index (κ3) is 4.68. The van der Waals surface area contributed by atoms with Crippen LogP contribution in [0.15, 0.2) is 54.6 Å². The number of aromatic amines is 1. The van der Waals surface area contributed by atoms with E-state index in [1.807, 2.05) is 41.3 Å². The number of carbonyl (C=O) groups is 1. The van der Waals surface area contributed by atoms with Crippen molar-refractivity contribution in [2.24, 2.45) is 0 Å². The number of fused-ring (bicyclic) bond motifs is 1. The van der Waals surface area contributed by atoms with Gasteiger partial charge in [-0.25, -0.2) is 9.37 Å². The fourth-order valence-corrected chi connectivity index (χ4v) is 6.37. The summed E-state index contributed by atoms with van der Waals surface area (Å²) in [5.74, 6) is 0.500. The number of benzene rings is 2. The van der Waals surface area contributed by atoms with Crippen LogP contribution in [0.2, 0.25) is 0 Å². The van der Waals surface area contributed by atoms with E-state index in [1.54, 1.807) is 17.4 Å². The zero-order chi connectivity index (χ0) is 24.6. The van der Waals surface area contributed by atoms with Gasteiger partial charge < -0.3 is 15.0 Å². The molecule has 1 amide bonds. The second-order valence-corrected chi connectivity index (χ2v) is 10.9. The van der Waals surface area contributed by atoms with Crippen LogP contribution in [-0.2, 0) is 0 Å². The second kappa shape index (κ2) is 9.76. The van der Waals surface area contributed by atoms with Gasteiger partial charge in [-0.3, -0.25) is 9.69 Å². The molecule has 2 unspecified atom stereocenters. The molecule has 36 heavy (non-hydrogen) atoms. The molecule has 2 N–H and O–H groups in total. The van der Waals surface area contributed by atoms with Crippen LogP contribution in [0.4, 0.5) is 4.39 Å². The van der Waals surface area contributed by atoms with Crippen LogP contribution in [0, 0.1) is 5.82 Å². The van der Waals surface area contributed by atoms with Crippen molar-refractivity contribution in [3.8, 4) is 21.1 Å². The molecule has 2 aliphatic heterocycles. The molecule has 0 spiro atoms. The summed E-state index contributed by atoms with van der Waals surface area (Å²) in [5.41, 5.74) is 3.10. The minimum Gasteiger partial charge on any atom is -0.392 e. The maximum Gasteiger partial charge on any atom is 0.254 e. The molecule has 2 aromatic heterocycles. The van der Waals surface area contributed by atoms with Gasteiger partial charge in [-0.1, -0.05) is 12.1 Å². The van der Waals surface area contributed by atoms with Crippen LogP contribution in [-0.4, -0.2) is 69.1 Å². The summed E-state index contributed by atoms with van der Waals surface area (Å²) in [6.45, 7) is 3.21. The number of aliphatic hydroxyl groups excluding tert-OH is 1. The van der Waals surface area contributed by atoms with E-state index < -0.39 is 0 Å². The van der Waals surface area contributed by atoms with E-state index in [1.165, 1.54) is 12.1 Å². The molecule has 6 rings (SSSR count). The summed E-state index contributed by atoms with van der Waals surface area (Å²) >= 11 is 1.59. The van der Waals surface area contributed by atoms with Crippen molar-refractivity contribution in [1.82, 2.24) is 19.8 Å². The number of nitrogens with one attached hydrogen (secondary N) is 1. The number of H-pyrrole nitrogens is 1. The maximum absolute atomic E-state index is 13.6. The first-order chi connectivity index (χ1) is 17.5. The predicted molar refractivity (Wildman–Crippen MR) is 141 cm³/mol. The number of piperidine rings is 1. The number of likely N-dealkylation sites (tertiary alicyclic amines) is 2. The molecule has 2 atom stereocenters. The van der Waals surface area contributed by atoms with Gasteiger partial charge in [-0.05, 0) is 73.7 Å². The molecule has 8 heteroatoms. The SMILES string of the molecule is O=C(c1cccc(-c2ccc(-c3nc4ccc(F)cc4[nH]3)s2)c1)N1CCCCC1CN1CCC(O)C1. The Morgan fingerprint density at radius 3 is 2.83 bits per heavy atom. The van der Waals surface area contributed by atoms with Gasteiger partial charge in [0, 0.05) is 42.7 Å². The number of aliphatic hydroxyl groups is 1. The van der Waals surface area contributed by atoms with Crippen LogP contribution in [0.3, 0.4) is 0 Å². The van der Waals surface area contributed by atoms with E-state index in [0.717, 1.165) is 66.2 Å². The molecule has 2 saturated heterocycles. The summed E-state index contributed by atoms with van der Waals surface area (Å²) in [5, 5.41) is 9.90. The average Bonchev–Trinajstić information content (AvgIpc) is 3.63. The van der Waals surface area contributed by atoms with E-state index in [4.69, 9.17) is 0 Å². The van der Waals surface area contributed by atoms with Crippen molar-refractivity contribution >= 4 is 28.3 Å². The molecule has 0 aliphatic carbocycles. The first-order valence-corrected chi connectivity index (χ1v) is 13.4. The first-order valence-electron chi connectivity index (χ1n) is 12.6. The number of β-amino-alcohol motifs (C(OH)–C–C–N with tert-alkyl or cyclic N) is 1. The molecular weight excluding hydrogens is 475 g/mol. The van der Waals surface area contributed by atoms with Crippen LogP contribution in [0.1, 0.15) is 36.0 Å². The van der Waals surface area contributed by atoms with Crippen LogP contribution >= 0.6 is 11.3 Å². The van der Waals surface area contributed by atoms with Crippen molar-refractivity contribution < 1.29 is 14.3 Å². The lowest BCUT2D eigenvalue weighted by atomic mass is 9.99. The lowest BCUT2D eigenvalue weighted by molar-refractivity contribution is 0.0552. The van der Waals surface area contributed by atoms with E-state index in [-0.39, 0.29) is 23.9 Å². The van der Waals surface area contributed by atoms with Gasteiger partial charge in [0.25, 0.3) is 5.91 Å². The van der Waals surface area contributed by atoms with E-state index in [2.05, 4.69) is 14.9 Å². The fraction of sp³-hybridized carbons (Fsp3) is 0.357. The normalized spacial score (nSPS) is 20.9. The molecule has 2 aromatic carbocycles. The van der Waals surface area contributed by atoms with Crippen LogP contribution in [0.25, 0.3) is 32.2 Å². The highest BCUT2D eigenvalue weighted by Crippen LogP contribution is 2.35. The Morgan fingerprint density at radius 2 is 1.97 bits per heavy atom. The van der Waals surface area contributed by atoms with Gasteiger partial charge in [-0.2, -0.15) is 0 Å². The Bertz CT molecular complexity index is 1400. The first kappa shape index (κ1) is 23.3. The highest BCUT2D eigenvalue weighted by Gasteiger charge is 2.31. The van der Waals surface area contributed by atoms with E-state index in [9.17, 15) is 14.3 Å². The summed E-state index contributed by atoms with van der Waals surface area (Å²) in [7, 11) is 0. The zero-order valence-electron chi connectivity index (χ0n) is 20.0. The number of hydrogen-bond acceptors (Lipinski definition) is 5. The Morgan fingerprint density at radius 1 is 1.08 bits per heavy atom. The van der Waals surface area contributed by atoms with Crippen molar-refractivity contribution in [2.75, 3.05) is 26.2 Å². The summed E-state index contributed by atoms with van der Waals surface area (Å²) < 4.78 is 13.6. The molecule has 4 aromatic rings. The van der Waals surface area contributed by atoms with Gasteiger partial charge in [0.15, 0.2) is 0 Å². The Hall–Kier alpha value is -3.07. The number of halogens is 1. The molecule has 0 radical (unpaired) electrons. The lowest BCUT2D eigenvalue weighted by Crippen LogP contribution is -2.49. The van der Waals surface area contributed by atoms with E-state index >= 15 is 0 Å². The van der Waals surface area contributed by atoms with Crippen molar-refractivity contribution in [1.29, 1.82) is 0 Å². The van der Waals surface area contributed by atoms with Crippen molar-refractivity contribution in [2.45, 2.75) is 37.8 Å². The van der Waals surface area contributed by atoms with E-state index in [0.29, 0.717) is 23.4 Å². The third-order valence-electron chi connectivity index (χ3n) is 7.28. The third-order valence-corrected chi connectivity index (χ3v) is 8.42. The highest BCUT2D eigenvalue weighted by molar-refractivity contribution is 7.18. The number of carbonyl (C=O) groups excluding carboxylic acids is 1. The molecule has 4 heterocycles. The second-order valence-electron chi connectivity index (χ2n) is 9.84. The molecule has 2 aliphatic rings. The molecular formula is C28H29FN4O2S. The Labute approximate surface area is 213 Å². The van der Waals surface area contributed by atoms with Gasteiger partial charge in [0.1, 0.15) is 11.6 Å². The highest BCUT2D eigenvalue weighted by atomic mass is 32.1. The monoisotopic (exact) mass is 504 g/mol. The molecule has 2 fully saturated rings. The number of thiophene rings is 1. The largest absolute Gasteiger partial charge is 0.392 e. The number of nitrogens with zero attached hydrogens (tertiary/aromatic N) is 3. The van der Waals surface area contributed by atoms with Crippen molar-refractivity contribution in [3.63, 3.8) is 0 Å². The van der Waals surface area contributed by atoms with Gasteiger partial charge in [0.2, 0.25) is 0 Å². The minimum atomic E-state index is -0.292. The number of hydrogen-bond donors (Lipinski definition) is 2. The van der Waals surface area contributed by atoms with Gasteiger partial charge >= 0.3 is 0 Å². The Balaban J connectivity index is 1.22. The quantitative estimate of drug-likeness (QED) is 0.394. The van der Waals surface area contributed by atoms with Gasteiger partial charge in [0.05, 0.1) is 22.0 Å². The minimum absolute atomic E-state index is 0.0809. The number of aromatic nitrogens is 2. The smallest absolute Gasteiger partial charge is 0.254 e. The fourth-order valence-electron chi connectivity index (χ4n) is 5.42. The predicted octanol–water partition coefficient (Wildman–Crippen LogP) is 5.16. The number of amides is 1. The average molecular weight is 505 g/mol. The Kier molecular flexibility index (Phi) is 6.33. The summed E-state index contributed by atoms with van der Waals surface area (Å²) in [6.07, 6.45) is 3.74. The molecule has 6 nitrogen and oxygen atoms in total. The summed E-state index contributed by atoms with van der Waals surface area (Å²) in [6, 6.07) is 16.6.